The summed E-state index contributed by atoms with van der Waals surface area (Å²) in [6.45, 7) is 5.73. The molecule has 8 heteroatoms. The molecule has 0 unspecified atom stereocenters. The molecule has 27 heavy (non-hydrogen) atoms. The molecule has 3 rings (SSSR count). The van der Waals surface area contributed by atoms with Gasteiger partial charge in [-0.1, -0.05) is 12.1 Å². The van der Waals surface area contributed by atoms with E-state index >= 15 is 0 Å². The fourth-order valence-corrected chi connectivity index (χ4v) is 3.13. The van der Waals surface area contributed by atoms with Gasteiger partial charge < -0.3 is 15.5 Å². The third-order valence-corrected chi connectivity index (χ3v) is 4.66. The Morgan fingerprint density at radius 3 is 2.70 bits per heavy atom. The smallest absolute Gasteiger partial charge is 0.315 e. The Morgan fingerprint density at radius 2 is 2.00 bits per heavy atom. The summed E-state index contributed by atoms with van der Waals surface area (Å²) in [6.07, 6.45) is 0.858. The topological polar surface area (TPSA) is 79.3 Å². The SMILES string of the molecule is CC(=O)N1CCCn2nc(CNC(=O)N[C@H](C)c3ccc(F)cc3)cc2C1. The highest BCUT2D eigenvalue weighted by molar-refractivity contribution is 5.74. The zero-order valence-electron chi connectivity index (χ0n) is 15.5. The minimum absolute atomic E-state index is 0.0542. The van der Waals surface area contributed by atoms with E-state index in [0.29, 0.717) is 13.1 Å². The molecule has 7 nitrogen and oxygen atoms in total. The summed E-state index contributed by atoms with van der Waals surface area (Å²) in [5.41, 5.74) is 2.55. The number of fused-ring (bicyclic) bond motifs is 1. The minimum atomic E-state index is -0.319. The number of aromatic nitrogens is 2. The van der Waals surface area contributed by atoms with Crippen molar-refractivity contribution in [3.05, 3.63) is 53.1 Å². The molecule has 1 aromatic carbocycles. The van der Waals surface area contributed by atoms with E-state index < -0.39 is 0 Å². The standard InChI is InChI=1S/C19H24FN5O2/c1-13(15-4-6-16(20)7-5-15)22-19(27)21-11-17-10-18-12-24(14(2)26)8-3-9-25(18)23-17/h4-7,10,13H,3,8-9,11-12H2,1-2H3,(H2,21,22,27)/t13-/m1/s1. The number of carbonyl (C=O) groups excluding carboxylic acids is 2. The zero-order chi connectivity index (χ0) is 19.4. The predicted molar refractivity (Wildman–Crippen MR) is 98.1 cm³/mol. The number of nitrogens with zero attached hydrogens (tertiary/aromatic N) is 3. The van der Waals surface area contributed by atoms with Crippen molar-refractivity contribution in [2.24, 2.45) is 0 Å². The average molecular weight is 373 g/mol. The Hall–Kier alpha value is -2.90. The van der Waals surface area contributed by atoms with Gasteiger partial charge in [-0.05, 0) is 37.1 Å². The Balaban J connectivity index is 1.54. The monoisotopic (exact) mass is 373 g/mol. The van der Waals surface area contributed by atoms with Crippen molar-refractivity contribution in [1.82, 2.24) is 25.3 Å². The van der Waals surface area contributed by atoms with Crippen LogP contribution >= 0.6 is 0 Å². The number of aryl methyl sites for hydroxylation is 1. The maximum Gasteiger partial charge on any atom is 0.315 e. The number of benzene rings is 1. The maximum atomic E-state index is 13.0. The van der Waals surface area contributed by atoms with Crippen molar-refractivity contribution in [2.45, 2.75) is 45.9 Å². The van der Waals surface area contributed by atoms with Crippen molar-refractivity contribution < 1.29 is 14.0 Å². The summed E-state index contributed by atoms with van der Waals surface area (Å²) in [5, 5.41) is 10.1. The van der Waals surface area contributed by atoms with Gasteiger partial charge in [0.15, 0.2) is 0 Å². The van der Waals surface area contributed by atoms with E-state index in [2.05, 4.69) is 15.7 Å². The molecule has 144 valence electrons. The second kappa shape index (κ2) is 8.20. The number of halogens is 1. The van der Waals surface area contributed by atoms with Crippen LogP contribution < -0.4 is 10.6 Å². The molecule has 1 atom stereocenters. The zero-order valence-corrected chi connectivity index (χ0v) is 15.5. The molecule has 0 bridgehead atoms. The second-order valence-corrected chi connectivity index (χ2v) is 6.74. The molecule has 0 aliphatic carbocycles. The molecule has 0 saturated heterocycles. The molecular weight excluding hydrogens is 349 g/mol. The number of amides is 3. The van der Waals surface area contributed by atoms with Crippen molar-refractivity contribution in [1.29, 1.82) is 0 Å². The van der Waals surface area contributed by atoms with Crippen LogP contribution in [0.15, 0.2) is 30.3 Å². The number of rotatable bonds is 4. The number of hydrogen-bond donors (Lipinski definition) is 2. The summed E-state index contributed by atoms with van der Waals surface area (Å²) < 4.78 is 14.9. The minimum Gasteiger partial charge on any atom is -0.337 e. The maximum absolute atomic E-state index is 13.0. The molecule has 1 aliphatic rings. The van der Waals surface area contributed by atoms with Crippen LogP contribution in [0.25, 0.3) is 0 Å². The van der Waals surface area contributed by atoms with Gasteiger partial charge in [-0.25, -0.2) is 9.18 Å². The van der Waals surface area contributed by atoms with E-state index in [9.17, 15) is 14.0 Å². The van der Waals surface area contributed by atoms with E-state index in [1.807, 2.05) is 17.7 Å². The first-order valence-corrected chi connectivity index (χ1v) is 9.03. The summed E-state index contributed by atoms with van der Waals surface area (Å²) in [7, 11) is 0. The Labute approximate surface area is 157 Å². The van der Waals surface area contributed by atoms with E-state index in [1.54, 1.807) is 24.0 Å². The van der Waals surface area contributed by atoms with Gasteiger partial charge in [-0.2, -0.15) is 5.10 Å². The molecule has 0 saturated carbocycles. The third-order valence-electron chi connectivity index (χ3n) is 4.66. The first-order valence-electron chi connectivity index (χ1n) is 9.03. The molecule has 2 aromatic rings. The Kier molecular flexibility index (Phi) is 5.73. The van der Waals surface area contributed by atoms with Crippen LogP contribution in [0, 0.1) is 5.82 Å². The van der Waals surface area contributed by atoms with Crippen LogP contribution in [-0.4, -0.2) is 33.2 Å². The largest absolute Gasteiger partial charge is 0.337 e. The van der Waals surface area contributed by atoms with E-state index in [-0.39, 0.29) is 23.8 Å². The lowest BCUT2D eigenvalue weighted by atomic mass is 10.1. The van der Waals surface area contributed by atoms with E-state index in [1.165, 1.54) is 12.1 Å². The molecule has 3 amide bonds. The van der Waals surface area contributed by atoms with Gasteiger partial charge in [0.25, 0.3) is 0 Å². The fraction of sp³-hybridized carbons (Fsp3) is 0.421. The summed E-state index contributed by atoms with van der Waals surface area (Å²) >= 11 is 0. The van der Waals surface area contributed by atoms with Crippen molar-refractivity contribution in [3.8, 4) is 0 Å². The highest BCUT2D eigenvalue weighted by atomic mass is 19.1. The second-order valence-electron chi connectivity index (χ2n) is 6.74. The first-order chi connectivity index (χ1) is 12.9. The number of urea groups is 1. The lowest BCUT2D eigenvalue weighted by Crippen LogP contribution is -2.36. The molecular formula is C19H24FN5O2. The van der Waals surface area contributed by atoms with Crippen LogP contribution in [0.5, 0.6) is 0 Å². The van der Waals surface area contributed by atoms with Crippen molar-refractivity contribution in [2.75, 3.05) is 6.54 Å². The Bertz CT molecular complexity index is 818. The third kappa shape index (κ3) is 4.84. The highest BCUT2D eigenvalue weighted by Crippen LogP contribution is 2.15. The quantitative estimate of drug-likeness (QED) is 0.863. The first kappa shape index (κ1) is 18.9. The molecule has 2 heterocycles. The average Bonchev–Trinajstić information content (AvgIpc) is 2.90. The molecule has 0 radical (unpaired) electrons. The lowest BCUT2D eigenvalue weighted by Gasteiger charge is -2.17. The van der Waals surface area contributed by atoms with Crippen LogP contribution in [0.4, 0.5) is 9.18 Å². The molecule has 1 aliphatic heterocycles. The van der Waals surface area contributed by atoms with Crippen LogP contribution in [0.3, 0.4) is 0 Å². The van der Waals surface area contributed by atoms with Gasteiger partial charge in [-0.15, -0.1) is 0 Å². The van der Waals surface area contributed by atoms with Gasteiger partial charge in [0.05, 0.1) is 30.5 Å². The van der Waals surface area contributed by atoms with Gasteiger partial charge in [0, 0.05) is 20.0 Å². The summed E-state index contributed by atoms with van der Waals surface area (Å²) in [6, 6.07) is 7.39. The normalized spacial score (nSPS) is 14.9. The van der Waals surface area contributed by atoms with E-state index in [0.717, 1.165) is 36.5 Å². The molecule has 0 fully saturated rings. The van der Waals surface area contributed by atoms with Crippen molar-refractivity contribution in [3.63, 3.8) is 0 Å². The van der Waals surface area contributed by atoms with E-state index in [4.69, 9.17) is 0 Å². The van der Waals surface area contributed by atoms with Crippen LogP contribution in [-0.2, 0) is 24.4 Å². The Morgan fingerprint density at radius 1 is 1.26 bits per heavy atom. The fourth-order valence-electron chi connectivity index (χ4n) is 3.13. The lowest BCUT2D eigenvalue weighted by molar-refractivity contribution is -0.129. The highest BCUT2D eigenvalue weighted by Gasteiger charge is 2.18. The van der Waals surface area contributed by atoms with Crippen LogP contribution in [0.2, 0.25) is 0 Å². The van der Waals surface area contributed by atoms with Gasteiger partial charge in [-0.3, -0.25) is 9.48 Å². The predicted octanol–water partition coefficient (Wildman–Crippen LogP) is 2.33. The molecule has 2 N–H and O–H groups in total. The van der Waals surface area contributed by atoms with Crippen molar-refractivity contribution >= 4 is 11.9 Å². The number of nitrogens with one attached hydrogen (secondary N) is 2. The van der Waals surface area contributed by atoms with Crippen LogP contribution in [0.1, 0.15) is 43.3 Å². The van der Waals surface area contributed by atoms with Gasteiger partial charge >= 0.3 is 6.03 Å². The molecule has 1 aromatic heterocycles. The molecule has 0 spiro atoms. The number of hydrogen-bond acceptors (Lipinski definition) is 3. The number of carbonyl (C=O) groups is 2. The van der Waals surface area contributed by atoms with Gasteiger partial charge in [0.2, 0.25) is 5.91 Å². The van der Waals surface area contributed by atoms with Gasteiger partial charge in [0.1, 0.15) is 5.82 Å². The summed E-state index contributed by atoms with van der Waals surface area (Å²) in [5.74, 6) is -0.253. The summed E-state index contributed by atoms with van der Waals surface area (Å²) in [4.78, 5) is 25.6.